The summed E-state index contributed by atoms with van der Waals surface area (Å²) in [6.07, 6.45) is 1.00. The van der Waals surface area contributed by atoms with Gasteiger partial charge in [-0.1, -0.05) is 54.9 Å². The average molecular weight is 416 g/mol. The van der Waals surface area contributed by atoms with Gasteiger partial charge in [-0.2, -0.15) is 0 Å². The number of carbonyl (C=O) groups is 1. The fraction of sp³-hybridized carbons (Fsp3) is 0.150. The molecule has 0 unspecified atom stereocenters. The maximum Gasteiger partial charge on any atom is 0.258 e. The van der Waals surface area contributed by atoms with Gasteiger partial charge in [0.25, 0.3) is 5.91 Å². The maximum absolute atomic E-state index is 12.3. The molecule has 0 fully saturated rings. The van der Waals surface area contributed by atoms with Gasteiger partial charge >= 0.3 is 0 Å². The lowest BCUT2D eigenvalue weighted by atomic mass is 10.1. The van der Waals surface area contributed by atoms with E-state index in [1.807, 2.05) is 6.92 Å². The van der Waals surface area contributed by atoms with E-state index >= 15 is 0 Å². The van der Waals surface area contributed by atoms with Crippen molar-refractivity contribution in [2.24, 2.45) is 0 Å². The number of thiocarbonyl (C=S) groups is 1. The normalized spacial score (nSPS) is 10.5. The van der Waals surface area contributed by atoms with Gasteiger partial charge in [0.1, 0.15) is 0 Å². The highest BCUT2D eigenvalue weighted by Crippen LogP contribution is 2.30. The van der Waals surface area contributed by atoms with Gasteiger partial charge < -0.3 is 5.32 Å². The second kappa shape index (κ2) is 8.61. The Bertz CT molecular complexity index is 983. The van der Waals surface area contributed by atoms with Gasteiger partial charge in [0, 0.05) is 10.4 Å². The Hall–Kier alpha value is -2.28. The van der Waals surface area contributed by atoms with Crippen molar-refractivity contribution in [3.63, 3.8) is 0 Å². The first-order valence-corrected chi connectivity index (χ1v) is 10.0. The zero-order chi connectivity index (χ0) is 19.4. The Morgan fingerprint density at radius 1 is 1.19 bits per heavy atom. The van der Waals surface area contributed by atoms with Gasteiger partial charge in [0.2, 0.25) is 0 Å². The van der Waals surface area contributed by atoms with Gasteiger partial charge in [-0.05, 0) is 43.3 Å². The number of aryl methyl sites for hydroxylation is 2. The first-order valence-electron chi connectivity index (χ1n) is 8.41. The van der Waals surface area contributed by atoms with Crippen LogP contribution in [-0.4, -0.2) is 16.0 Å². The van der Waals surface area contributed by atoms with Gasteiger partial charge in [0.15, 0.2) is 10.2 Å². The van der Waals surface area contributed by atoms with Crippen LogP contribution in [0.4, 0.5) is 5.13 Å². The van der Waals surface area contributed by atoms with Crippen molar-refractivity contribution in [2.45, 2.75) is 20.3 Å². The molecule has 2 N–H and O–H groups in total. The molecule has 1 heterocycles. The zero-order valence-corrected chi connectivity index (χ0v) is 17.3. The molecule has 0 aliphatic heterocycles. The van der Waals surface area contributed by atoms with Crippen LogP contribution in [0.2, 0.25) is 5.02 Å². The quantitative estimate of drug-likeness (QED) is 0.555. The van der Waals surface area contributed by atoms with Crippen LogP contribution in [0.1, 0.15) is 27.7 Å². The van der Waals surface area contributed by atoms with E-state index in [0.717, 1.165) is 22.6 Å². The summed E-state index contributed by atoms with van der Waals surface area (Å²) in [5.74, 6) is -0.359. The van der Waals surface area contributed by atoms with Crippen molar-refractivity contribution >= 4 is 51.3 Å². The van der Waals surface area contributed by atoms with E-state index in [9.17, 15) is 4.79 Å². The number of hydrogen-bond donors (Lipinski definition) is 2. The van der Waals surface area contributed by atoms with Crippen LogP contribution in [0.25, 0.3) is 11.3 Å². The molecule has 1 aromatic heterocycles. The number of halogens is 1. The summed E-state index contributed by atoms with van der Waals surface area (Å²) >= 11 is 12.8. The summed E-state index contributed by atoms with van der Waals surface area (Å²) in [5, 5.41) is 6.80. The van der Waals surface area contributed by atoms with Crippen LogP contribution in [0.3, 0.4) is 0 Å². The first kappa shape index (κ1) is 19.5. The summed E-state index contributed by atoms with van der Waals surface area (Å²) in [5.41, 5.74) is 3.62. The first-order chi connectivity index (χ1) is 13.0. The highest BCUT2D eigenvalue weighted by Gasteiger charge is 2.14. The van der Waals surface area contributed by atoms with Crippen LogP contribution < -0.4 is 10.6 Å². The Labute approximate surface area is 172 Å². The summed E-state index contributed by atoms with van der Waals surface area (Å²) in [4.78, 5) is 18.0. The molecule has 0 saturated heterocycles. The summed E-state index contributed by atoms with van der Waals surface area (Å²) < 4.78 is 0. The molecule has 0 aliphatic rings. The third-order valence-corrected chi connectivity index (χ3v) is 5.42. The predicted molar refractivity (Wildman–Crippen MR) is 117 cm³/mol. The van der Waals surface area contributed by atoms with Gasteiger partial charge in [-0.3, -0.25) is 10.1 Å². The molecule has 0 spiro atoms. The molecule has 27 heavy (non-hydrogen) atoms. The molecule has 3 rings (SSSR count). The van der Waals surface area contributed by atoms with Gasteiger partial charge in [-0.25, -0.2) is 4.98 Å². The number of thiazole rings is 1. The number of nitrogens with one attached hydrogen (secondary N) is 2. The molecule has 3 aromatic rings. The Balaban J connectivity index is 1.70. The van der Waals surface area contributed by atoms with E-state index < -0.39 is 0 Å². The van der Waals surface area contributed by atoms with Crippen molar-refractivity contribution < 1.29 is 4.79 Å². The Morgan fingerprint density at radius 2 is 1.89 bits per heavy atom. The molecule has 0 atom stereocenters. The molecule has 2 aromatic carbocycles. The minimum atomic E-state index is -0.359. The number of rotatable bonds is 4. The number of aromatic nitrogens is 1. The number of benzene rings is 2. The largest absolute Gasteiger partial charge is 0.308 e. The summed E-state index contributed by atoms with van der Waals surface area (Å²) in [6.45, 7) is 4.14. The second-order valence-corrected chi connectivity index (χ2v) is 7.88. The minimum absolute atomic E-state index is 0.182. The lowest BCUT2D eigenvalue weighted by Crippen LogP contribution is -2.34. The number of carbonyl (C=O) groups excluding carboxylic acids is 1. The summed E-state index contributed by atoms with van der Waals surface area (Å²) in [7, 11) is 0. The third kappa shape index (κ3) is 4.71. The van der Waals surface area contributed by atoms with E-state index in [2.05, 4.69) is 46.8 Å². The Kier molecular flexibility index (Phi) is 6.21. The zero-order valence-electron chi connectivity index (χ0n) is 14.9. The standard InChI is InChI=1S/C20H18ClN3OS2/c1-3-13-8-10-14(11-9-13)17-12(2)27-20(22-17)24-19(26)23-18(25)15-6-4-5-7-16(15)21/h4-11H,3H2,1-2H3,(H2,22,23,24,25,26). The smallest absolute Gasteiger partial charge is 0.258 e. The number of nitrogens with zero attached hydrogens (tertiary/aromatic N) is 1. The van der Waals surface area contributed by atoms with E-state index in [4.69, 9.17) is 23.8 Å². The van der Waals surface area contributed by atoms with Crippen molar-refractivity contribution in [3.05, 3.63) is 69.6 Å². The van der Waals surface area contributed by atoms with E-state index in [-0.39, 0.29) is 11.0 Å². The van der Waals surface area contributed by atoms with Crippen LogP contribution in [-0.2, 0) is 6.42 Å². The van der Waals surface area contributed by atoms with Gasteiger partial charge in [-0.15, -0.1) is 11.3 Å². The van der Waals surface area contributed by atoms with E-state index in [1.165, 1.54) is 16.9 Å². The number of hydrogen-bond acceptors (Lipinski definition) is 4. The average Bonchev–Trinajstić information content (AvgIpc) is 3.02. The SMILES string of the molecule is CCc1ccc(-c2nc(NC(=S)NC(=O)c3ccccc3Cl)sc2C)cc1. The molecule has 0 saturated carbocycles. The molecular formula is C20H18ClN3OS2. The molecule has 0 radical (unpaired) electrons. The molecule has 4 nitrogen and oxygen atoms in total. The van der Waals surface area contributed by atoms with Crippen molar-refractivity contribution in [1.29, 1.82) is 0 Å². The molecule has 138 valence electrons. The van der Waals surface area contributed by atoms with Crippen LogP contribution >= 0.6 is 35.2 Å². The van der Waals surface area contributed by atoms with Crippen molar-refractivity contribution in [3.8, 4) is 11.3 Å². The fourth-order valence-corrected chi connectivity index (χ4v) is 3.88. The van der Waals surface area contributed by atoms with E-state index in [1.54, 1.807) is 24.3 Å². The van der Waals surface area contributed by atoms with Crippen LogP contribution in [0, 0.1) is 6.92 Å². The maximum atomic E-state index is 12.3. The molecule has 7 heteroatoms. The molecule has 0 aliphatic carbocycles. The topological polar surface area (TPSA) is 54.0 Å². The lowest BCUT2D eigenvalue weighted by molar-refractivity contribution is 0.0978. The highest BCUT2D eigenvalue weighted by atomic mass is 35.5. The monoisotopic (exact) mass is 415 g/mol. The molecular weight excluding hydrogens is 398 g/mol. The number of anilines is 1. The summed E-state index contributed by atoms with van der Waals surface area (Å²) in [6, 6.07) is 15.2. The van der Waals surface area contributed by atoms with Crippen LogP contribution in [0.5, 0.6) is 0 Å². The van der Waals surface area contributed by atoms with Crippen molar-refractivity contribution in [2.75, 3.05) is 5.32 Å². The van der Waals surface area contributed by atoms with Gasteiger partial charge in [0.05, 0.1) is 16.3 Å². The van der Waals surface area contributed by atoms with Crippen LogP contribution in [0.15, 0.2) is 48.5 Å². The van der Waals surface area contributed by atoms with Crippen molar-refractivity contribution in [1.82, 2.24) is 10.3 Å². The molecule has 1 amide bonds. The fourth-order valence-electron chi connectivity index (χ4n) is 2.56. The number of amides is 1. The van der Waals surface area contributed by atoms with E-state index in [0.29, 0.717) is 15.7 Å². The molecule has 0 bridgehead atoms. The third-order valence-electron chi connectivity index (χ3n) is 4.00. The Morgan fingerprint density at radius 3 is 2.56 bits per heavy atom. The minimum Gasteiger partial charge on any atom is -0.308 e. The predicted octanol–water partition coefficient (Wildman–Crippen LogP) is 5.46. The second-order valence-electron chi connectivity index (χ2n) is 5.86. The highest BCUT2D eigenvalue weighted by molar-refractivity contribution is 7.80. The lowest BCUT2D eigenvalue weighted by Gasteiger charge is -2.08.